The van der Waals surface area contributed by atoms with Crippen molar-refractivity contribution in [3.8, 4) is 0 Å². The second-order valence-electron chi connectivity index (χ2n) is 5.65. The average molecular weight is 200 g/mol. The van der Waals surface area contributed by atoms with Crippen molar-refractivity contribution in [1.29, 1.82) is 0 Å². The number of rotatable bonds is 2. The number of hydrogen-bond acceptors (Lipinski definition) is 3. The summed E-state index contributed by atoms with van der Waals surface area (Å²) in [6.45, 7) is 7.55. The number of esters is 1. The minimum absolute atomic E-state index is 0.133. The number of carbonyl (C=O) groups excluding carboxylic acids is 1. The first kappa shape index (κ1) is 11.5. The fraction of sp³-hybridized carbons (Fsp3) is 0.909. The summed E-state index contributed by atoms with van der Waals surface area (Å²) in [6.07, 6.45) is 1.38. The van der Waals surface area contributed by atoms with Gasteiger partial charge in [0.1, 0.15) is 0 Å². The van der Waals surface area contributed by atoms with Gasteiger partial charge in [-0.1, -0.05) is 13.8 Å². The molecule has 0 aromatic heterocycles. The maximum absolute atomic E-state index is 11.7. The van der Waals surface area contributed by atoms with Gasteiger partial charge in [-0.05, 0) is 32.1 Å². The lowest BCUT2D eigenvalue weighted by Crippen LogP contribution is -2.60. The van der Waals surface area contributed by atoms with Gasteiger partial charge < -0.3 is 9.84 Å². The third-order valence-electron chi connectivity index (χ3n) is 3.31. The molecule has 0 aromatic rings. The average Bonchev–Trinajstić information content (AvgIpc) is 1.95. The van der Waals surface area contributed by atoms with E-state index in [0.29, 0.717) is 12.8 Å². The Kier molecular flexibility index (Phi) is 2.43. The Labute approximate surface area is 85.5 Å². The van der Waals surface area contributed by atoms with Crippen LogP contribution in [0.4, 0.5) is 0 Å². The Hall–Kier alpha value is -0.570. The fourth-order valence-corrected chi connectivity index (χ4v) is 2.60. The Bertz CT molecular complexity index is 240. The van der Waals surface area contributed by atoms with Gasteiger partial charge in [-0.3, -0.25) is 4.79 Å². The smallest absolute Gasteiger partial charge is 0.314 e. The summed E-state index contributed by atoms with van der Waals surface area (Å²) in [6, 6.07) is 0. The quantitative estimate of drug-likeness (QED) is 0.691. The molecule has 3 nitrogen and oxygen atoms in total. The summed E-state index contributed by atoms with van der Waals surface area (Å²) < 4.78 is 4.78. The van der Waals surface area contributed by atoms with Crippen LogP contribution in [0.3, 0.4) is 0 Å². The van der Waals surface area contributed by atoms with E-state index in [1.54, 1.807) is 13.8 Å². The zero-order chi connectivity index (χ0) is 11.2. The number of methoxy groups -OCH3 is 1. The molecule has 0 radical (unpaired) electrons. The van der Waals surface area contributed by atoms with Crippen molar-refractivity contribution in [3.05, 3.63) is 0 Å². The Morgan fingerprint density at radius 1 is 1.36 bits per heavy atom. The molecule has 0 saturated heterocycles. The predicted molar refractivity (Wildman–Crippen MR) is 53.8 cm³/mol. The van der Waals surface area contributed by atoms with Crippen molar-refractivity contribution in [2.45, 2.75) is 46.1 Å². The van der Waals surface area contributed by atoms with Crippen molar-refractivity contribution < 1.29 is 14.6 Å². The minimum atomic E-state index is -1.00. The molecule has 0 aromatic carbocycles. The molecule has 0 amide bonds. The normalized spacial score (nSPS) is 23.9. The minimum Gasteiger partial charge on any atom is -0.469 e. The van der Waals surface area contributed by atoms with Crippen molar-refractivity contribution in [3.63, 3.8) is 0 Å². The topological polar surface area (TPSA) is 46.5 Å². The van der Waals surface area contributed by atoms with E-state index in [2.05, 4.69) is 13.8 Å². The lowest BCUT2D eigenvalue weighted by atomic mass is 9.49. The van der Waals surface area contributed by atoms with E-state index in [1.807, 2.05) is 0 Å². The highest BCUT2D eigenvalue weighted by Gasteiger charge is 2.62. The Morgan fingerprint density at radius 3 is 2.00 bits per heavy atom. The molecule has 1 aliphatic carbocycles. The summed E-state index contributed by atoms with van der Waals surface area (Å²) in [5, 5.41) is 10.0. The van der Waals surface area contributed by atoms with E-state index < -0.39 is 11.0 Å². The summed E-state index contributed by atoms with van der Waals surface area (Å²) in [4.78, 5) is 11.7. The Morgan fingerprint density at radius 2 is 1.79 bits per heavy atom. The van der Waals surface area contributed by atoms with Crippen LogP contribution in [0.25, 0.3) is 0 Å². The molecule has 0 bridgehead atoms. The highest BCUT2D eigenvalue weighted by Crippen LogP contribution is 2.59. The molecule has 1 rings (SSSR count). The van der Waals surface area contributed by atoms with Gasteiger partial charge in [-0.25, -0.2) is 0 Å². The van der Waals surface area contributed by atoms with Crippen LogP contribution < -0.4 is 0 Å². The molecule has 0 aliphatic heterocycles. The lowest BCUT2D eigenvalue weighted by Gasteiger charge is -2.56. The van der Waals surface area contributed by atoms with E-state index in [9.17, 15) is 9.90 Å². The summed E-state index contributed by atoms with van der Waals surface area (Å²) >= 11 is 0. The van der Waals surface area contributed by atoms with E-state index in [1.165, 1.54) is 7.11 Å². The standard InChI is InChI=1S/C11H20O3/c1-9(2)6-11(7-9,8(12)14-5)10(3,4)13/h13H,6-7H2,1-5H3. The molecule has 0 spiro atoms. The first-order valence-corrected chi connectivity index (χ1v) is 4.95. The van der Waals surface area contributed by atoms with Gasteiger partial charge in [-0.15, -0.1) is 0 Å². The van der Waals surface area contributed by atoms with E-state index >= 15 is 0 Å². The zero-order valence-corrected chi connectivity index (χ0v) is 9.68. The maximum Gasteiger partial charge on any atom is 0.314 e. The van der Waals surface area contributed by atoms with Crippen molar-refractivity contribution >= 4 is 5.97 Å². The van der Waals surface area contributed by atoms with Crippen LogP contribution in [-0.4, -0.2) is 23.8 Å². The summed E-state index contributed by atoms with van der Waals surface area (Å²) in [5.41, 5.74) is -1.57. The van der Waals surface area contributed by atoms with E-state index in [-0.39, 0.29) is 11.4 Å². The van der Waals surface area contributed by atoms with Gasteiger partial charge in [0.15, 0.2) is 0 Å². The molecule has 1 fully saturated rings. The van der Waals surface area contributed by atoms with Crippen LogP contribution in [0, 0.1) is 10.8 Å². The second kappa shape index (κ2) is 2.96. The van der Waals surface area contributed by atoms with Crippen LogP contribution in [0.5, 0.6) is 0 Å². The summed E-state index contributed by atoms with van der Waals surface area (Å²) in [7, 11) is 1.38. The number of aliphatic hydroxyl groups is 1. The van der Waals surface area contributed by atoms with E-state index in [4.69, 9.17) is 4.74 Å². The van der Waals surface area contributed by atoms with Gasteiger partial charge in [0.2, 0.25) is 0 Å². The monoisotopic (exact) mass is 200 g/mol. The van der Waals surface area contributed by atoms with Gasteiger partial charge >= 0.3 is 5.97 Å². The zero-order valence-electron chi connectivity index (χ0n) is 9.68. The molecular weight excluding hydrogens is 180 g/mol. The van der Waals surface area contributed by atoms with Crippen molar-refractivity contribution in [2.24, 2.45) is 10.8 Å². The maximum atomic E-state index is 11.7. The molecule has 1 aliphatic rings. The first-order chi connectivity index (χ1) is 6.15. The molecule has 0 heterocycles. The molecule has 1 N–H and O–H groups in total. The SMILES string of the molecule is COC(=O)C1(C(C)(C)O)CC(C)(C)C1. The van der Waals surface area contributed by atoms with E-state index in [0.717, 1.165) is 0 Å². The van der Waals surface area contributed by atoms with Crippen LogP contribution in [0.15, 0.2) is 0 Å². The molecule has 0 atom stereocenters. The molecule has 82 valence electrons. The van der Waals surface area contributed by atoms with Crippen LogP contribution in [-0.2, 0) is 9.53 Å². The highest BCUT2D eigenvalue weighted by atomic mass is 16.5. The summed E-state index contributed by atoms with van der Waals surface area (Å²) in [5.74, 6) is -0.288. The molecular formula is C11H20O3. The Balaban J connectivity index is 2.92. The highest BCUT2D eigenvalue weighted by molar-refractivity contribution is 5.79. The van der Waals surface area contributed by atoms with Gasteiger partial charge in [-0.2, -0.15) is 0 Å². The largest absolute Gasteiger partial charge is 0.469 e. The molecule has 3 heteroatoms. The van der Waals surface area contributed by atoms with Crippen LogP contribution >= 0.6 is 0 Å². The number of carbonyl (C=O) groups is 1. The van der Waals surface area contributed by atoms with Crippen LogP contribution in [0.2, 0.25) is 0 Å². The molecule has 1 saturated carbocycles. The molecule has 0 unspecified atom stereocenters. The third kappa shape index (κ3) is 1.54. The third-order valence-corrected chi connectivity index (χ3v) is 3.31. The second-order valence-corrected chi connectivity index (χ2v) is 5.65. The van der Waals surface area contributed by atoms with Gasteiger partial charge in [0.25, 0.3) is 0 Å². The van der Waals surface area contributed by atoms with Crippen molar-refractivity contribution in [2.75, 3.05) is 7.11 Å². The predicted octanol–water partition coefficient (Wildman–Crippen LogP) is 1.74. The number of hydrogen-bond donors (Lipinski definition) is 1. The number of ether oxygens (including phenoxy) is 1. The first-order valence-electron chi connectivity index (χ1n) is 4.95. The van der Waals surface area contributed by atoms with Crippen molar-refractivity contribution in [1.82, 2.24) is 0 Å². The fourth-order valence-electron chi connectivity index (χ4n) is 2.60. The molecule has 14 heavy (non-hydrogen) atoms. The van der Waals surface area contributed by atoms with Gasteiger partial charge in [0, 0.05) is 0 Å². The van der Waals surface area contributed by atoms with Crippen LogP contribution in [0.1, 0.15) is 40.5 Å². The van der Waals surface area contributed by atoms with Gasteiger partial charge in [0.05, 0.1) is 18.1 Å². The lowest BCUT2D eigenvalue weighted by molar-refractivity contribution is -0.200.